The fraction of sp³-hybridized carbons (Fsp3) is 0.292. The molecule has 2 aromatic heterocycles. The van der Waals surface area contributed by atoms with Crippen molar-refractivity contribution in [3.8, 4) is 11.3 Å². The summed E-state index contributed by atoms with van der Waals surface area (Å²) in [6.07, 6.45) is 3.40. The van der Waals surface area contributed by atoms with Crippen molar-refractivity contribution in [1.29, 1.82) is 0 Å². The van der Waals surface area contributed by atoms with Crippen LogP contribution in [0.2, 0.25) is 5.02 Å². The zero-order chi connectivity index (χ0) is 21.8. The normalized spacial score (nSPS) is 16.2. The molecule has 6 nitrogen and oxygen atoms in total. The number of benzene rings is 1. The maximum atomic E-state index is 13.3. The quantitative estimate of drug-likeness (QED) is 0.648. The summed E-state index contributed by atoms with van der Waals surface area (Å²) in [6.45, 7) is 7.39. The van der Waals surface area contributed by atoms with Gasteiger partial charge in [-0.1, -0.05) is 17.7 Å². The Morgan fingerprint density at radius 2 is 2.10 bits per heavy atom. The van der Waals surface area contributed by atoms with E-state index in [1.54, 1.807) is 17.3 Å². The number of aromatic nitrogens is 2. The highest BCUT2D eigenvalue weighted by Gasteiger charge is 2.20. The highest BCUT2D eigenvalue weighted by Crippen LogP contribution is 2.31. The van der Waals surface area contributed by atoms with Crippen molar-refractivity contribution in [2.75, 3.05) is 36.0 Å². The van der Waals surface area contributed by atoms with Gasteiger partial charge >= 0.3 is 0 Å². The van der Waals surface area contributed by atoms with Crippen LogP contribution in [-0.4, -0.2) is 48.1 Å². The van der Waals surface area contributed by atoms with Gasteiger partial charge in [-0.05, 0) is 56.3 Å². The van der Waals surface area contributed by atoms with Gasteiger partial charge in [0.2, 0.25) is 0 Å². The predicted molar refractivity (Wildman–Crippen MR) is 126 cm³/mol. The lowest BCUT2D eigenvalue weighted by molar-refractivity contribution is 0.0988. The Morgan fingerprint density at radius 3 is 2.77 bits per heavy atom. The van der Waals surface area contributed by atoms with Gasteiger partial charge in [-0.2, -0.15) is 0 Å². The topological polar surface area (TPSA) is 61.4 Å². The third-order valence-corrected chi connectivity index (χ3v) is 5.78. The molecule has 1 aliphatic rings. The van der Waals surface area contributed by atoms with E-state index in [2.05, 4.69) is 27.1 Å². The molecular formula is C24H26ClN5O. The van der Waals surface area contributed by atoms with Gasteiger partial charge in [0.1, 0.15) is 5.82 Å². The monoisotopic (exact) mass is 435 g/mol. The van der Waals surface area contributed by atoms with E-state index >= 15 is 0 Å². The summed E-state index contributed by atoms with van der Waals surface area (Å²) in [5, 5.41) is 4.03. The molecule has 1 atom stereocenters. The average Bonchev–Trinajstić information content (AvgIpc) is 2.81. The average molecular weight is 436 g/mol. The Labute approximate surface area is 187 Å². The molecule has 0 radical (unpaired) electrons. The van der Waals surface area contributed by atoms with Crippen molar-refractivity contribution >= 4 is 29.0 Å². The van der Waals surface area contributed by atoms with Gasteiger partial charge in [-0.25, -0.2) is 4.98 Å². The number of hydrogen-bond acceptors (Lipinski definition) is 5. The maximum Gasteiger partial charge on any atom is 0.259 e. The minimum atomic E-state index is -0.0930. The zero-order valence-corrected chi connectivity index (χ0v) is 18.5. The Hall–Kier alpha value is -2.96. The van der Waals surface area contributed by atoms with E-state index in [0.717, 1.165) is 42.4 Å². The van der Waals surface area contributed by atoms with Crippen LogP contribution in [0.4, 0.5) is 11.5 Å². The van der Waals surface area contributed by atoms with E-state index in [9.17, 15) is 4.79 Å². The minimum absolute atomic E-state index is 0.0930. The second kappa shape index (κ2) is 9.45. The molecule has 1 aromatic carbocycles. The molecule has 0 spiro atoms. The molecule has 0 saturated carbocycles. The molecule has 3 aromatic rings. The Bertz CT molecular complexity index is 1040. The Kier molecular flexibility index (Phi) is 6.49. The maximum absolute atomic E-state index is 13.3. The molecule has 31 heavy (non-hydrogen) atoms. The summed E-state index contributed by atoms with van der Waals surface area (Å²) in [6, 6.07) is 15.5. The SMILES string of the molecule is CCN(C(=O)c1ccc(N2CCN[C@H](C)C2)nc1)c1ccc(Cl)c(-c2ccccn2)c1. The summed E-state index contributed by atoms with van der Waals surface area (Å²) in [7, 11) is 0. The van der Waals surface area contributed by atoms with E-state index < -0.39 is 0 Å². The lowest BCUT2D eigenvalue weighted by Gasteiger charge is -2.32. The third kappa shape index (κ3) is 4.70. The summed E-state index contributed by atoms with van der Waals surface area (Å²) in [4.78, 5) is 26.2. The number of anilines is 2. The fourth-order valence-corrected chi connectivity index (χ4v) is 4.05. The number of nitrogens with zero attached hydrogens (tertiary/aromatic N) is 4. The molecular weight excluding hydrogens is 410 g/mol. The molecule has 0 aliphatic carbocycles. The largest absolute Gasteiger partial charge is 0.354 e. The molecule has 160 valence electrons. The van der Waals surface area contributed by atoms with Crippen LogP contribution in [-0.2, 0) is 0 Å². The first-order valence-electron chi connectivity index (χ1n) is 10.5. The highest BCUT2D eigenvalue weighted by atomic mass is 35.5. The van der Waals surface area contributed by atoms with Crippen LogP contribution in [0.3, 0.4) is 0 Å². The van der Waals surface area contributed by atoms with Crippen molar-refractivity contribution in [2.24, 2.45) is 0 Å². The standard InChI is InChI=1S/C24H26ClN5O/c1-3-30(19-8-9-21(25)20(14-19)22-6-4-5-11-27-22)24(31)18-7-10-23(28-15-18)29-13-12-26-17(2)16-29/h4-11,14-15,17,26H,3,12-13,16H2,1-2H3/t17-/m1/s1. The van der Waals surface area contributed by atoms with E-state index in [1.807, 2.05) is 55.5 Å². The van der Waals surface area contributed by atoms with Crippen molar-refractivity contribution in [3.05, 3.63) is 71.5 Å². The van der Waals surface area contributed by atoms with E-state index in [1.165, 1.54) is 0 Å². The van der Waals surface area contributed by atoms with Gasteiger partial charge in [0, 0.05) is 55.9 Å². The van der Waals surface area contributed by atoms with Crippen molar-refractivity contribution in [3.63, 3.8) is 0 Å². The second-order valence-electron chi connectivity index (χ2n) is 7.63. The van der Waals surface area contributed by atoms with Gasteiger partial charge in [-0.3, -0.25) is 9.78 Å². The van der Waals surface area contributed by atoms with Gasteiger partial charge in [0.15, 0.2) is 0 Å². The molecule has 7 heteroatoms. The molecule has 1 saturated heterocycles. The molecule has 1 fully saturated rings. The minimum Gasteiger partial charge on any atom is -0.354 e. The number of pyridine rings is 2. The highest BCUT2D eigenvalue weighted by molar-refractivity contribution is 6.33. The van der Waals surface area contributed by atoms with Gasteiger partial charge in [-0.15, -0.1) is 0 Å². The van der Waals surface area contributed by atoms with Crippen LogP contribution in [0.25, 0.3) is 11.3 Å². The molecule has 0 unspecified atom stereocenters. The molecule has 3 heterocycles. The first kappa shape index (κ1) is 21.3. The summed E-state index contributed by atoms with van der Waals surface area (Å²) < 4.78 is 0. The Morgan fingerprint density at radius 1 is 1.23 bits per heavy atom. The van der Waals surface area contributed by atoms with Crippen molar-refractivity contribution < 1.29 is 4.79 Å². The number of piperazine rings is 1. The predicted octanol–water partition coefficient (Wildman–Crippen LogP) is 4.26. The first-order chi connectivity index (χ1) is 15.1. The lowest BCUT2D eigenvalue weighted by Crippen LogP contribution is -2.49. The van der Waals surface area contributed by atoms with Crippen LogP contribution in [0.5, 0.6) is 0 Å². The molecule has 1 N–H and O–H groups in total. The second-order valence-corrected chi connectivity index (χ2v) is 8.04. The van der Waals surface area contributed by atoms with Crippen LogP contribution < -0.4 is 15.1 Å². The number of amides is 1. The first-order valence-corrected chi connectivity index (χ1v) is 10.9. The molecule has 0 bridgehead atoms. The summed E-state index contributed by atoms with van der Waals surface area (Å²) >= 11 is 6.41. The smallest absolute Gasteiger partial charge is 0.259 e. The fourth-order valence-electron chi connectivity index (χ4n) is 3.84. The Balaban J connectivity index is 1.57. The molecule has 1 amide bonds. The number of halogens is 1. The summed E-state index contributed by atoms with van der Waals surface area (Å²) in [5.41, 5.74) is 2.90. The van der Waals surface area contributed by atoms with Crippen LogP contribution in [0, 0.1) is 0 Å². The van der Waals surface area contributed by atoms with E-state index in [-0.39, 0.29) is 5.91 Å². The summed E-state index contributed by atoms with van der Waals surface area (Å²) in [5.74, 6) is 0.807. The van der Waals surface area contributed by atoms with Crippen molar-refractivity contribution in [2.45, 2.75) is 19.9 Å². The number of carbonyl (C=O) groups excluding carboxylic acids is 1. The van der Waals surface area contributed by atoms with Crippen LogP contribution in [0.1, 0.15) is 24.2 Å². The van der Waals surface area contributed by atoms with Crippen molar-refractivity contribution in [1.82, 2.24) is 15.3 Å². The molecule has 1 aliphatic heterocycles. The molecule has 4 rings (SSSR count). The van der Waals surface area contributed by atoms with E-state index in [4.69, 9.17) is 11.6 Å². The van der Waals surface area contributed by atoms with Gasteiger partial charge in [0.25, 0.3) is 5.91 Å². The van der Waals surface area contributed by atoms with Gasteiger partial charge < -0.3 is 15.1 Å². The number of hydrogen-bond donors (Lipinski definition) is 1. The zero-order valence-electron chi connectivity index (χ0n) is 17.8. The van der Waals surface area contributed by atoms with Crippen LogP contribution in [0.15, 0.2) is 60.9 Å². The third-order valence-electron chi connectivity index (χ3n) is 5.45. The number of carbonyl (C=O) groups is 1. The number of rotatable bonds is 5. The lowest BCUT2D eigenvalue weighted by atomic mass is 10.1. The number of nitrogens with one attached hydrogen (secondary N) is 1. The van der Waals surface area contributed by atoms with E-state index in [0.29, 0.717) is 23.2 Å². The van der Waals surface area contributed by atoms with Crippen LogP contribution >= 0.6 is 11.6 Å². The van der Waals surface area contributed by atoms with Gasteiger partial charge in [0.05, 0.1) is 16.3 Å².